The van der Waals surface area contributed by atoms with Crippen LogP contribution in [-0.2, 0) is 12.8 Å². The number of nitrogens with one attached hydrogen (secondary N) is 1. The van der Waals surface area contributed by atoms with Crippen LogP contribution in [0.25, 0.3) is 0 Å². The molecular weight excluding hydrogens is 162 g/mol. The van der Waals surface area contributed by atoms with Crippen molar-refractivity contribution in [2.24, 2.45) is 5.73 Å². The summed E-state index contributed by atoms with van der Waals surface area (Å²) in [6.45, 7) is 8.19. The van der Waals surface area contributed by atoms with E-state index >= 15 is 0 Å². The zero-order valence-corrected chi connectivity index (χ0v) is 8.94. The van der Waals surface area contributed by atoms with Crippen LogP contribution in [0.15, 0.2) is 0 Å². The molecule has 0 fully saturated rings. The molecule has 0 aliphatic heterocycles. The fourth-order valence-electron chi connectivity index (χ4n) is 1.42. The lowest BCUT2D eigenvalue weighted by Gasteiger charge is -2.15. The van der Waals surface area contributed by atoms with Gasteiger partial charge in [0.15, 0.2) is 0 Å². The quantitative estimate of drug-likeness (QED) is 0.743. The van der Waals surface area contributed by atoms with Gasteiger partial charge in [0.2, 0.25) is 0 Å². The Morgan fingerprint density at radius 1 is 1.46 bits per heavy atom. The van der Waals surface area contributed by atoms with E-state index in [9.17, 15) is 0 Å². The van der Waals surface area contributed by atoms with Gasteiger partial charge >= 0.3 is 0 Å². The van der Waals surface area contributed by atoms with E-state index in [0.717, 1.165) is 24.4 Å². The molecule has 0 saturated carbocycles. The van der Waals surface area contributed by atoms with Crippen LogP contribution < -0.4 is 5.73 Å². The van der Waals surface area contributed by atoms with E-state index in [4.69, 9.17) is 5.73 Å². The fraction of sp³-hybridized carbons (Fsp3) is 0.700. The first-order chi connectivity index (χ1) is 5.92. The summed E-state index contributed by atoms with van der Waals surface area (Å²) in [6.07, 6.45) is 1.78. The summed E-state index contributed by atoms with van der Waals surface area (Å²) in [4.78, 5) is 7.74. The summed E-state index contributed by atoms with van der Waals surface area (Å²) >= 11 is 0. The van der Waals surface area contributed by atoms with Crippen molar-refractivity contribution in [3.8, 4) is 0 Å². The Balaban J connectivity index is 2.80. The Labute approximate surface area is 79.8 Å². The van der Waals surface area contributed by atoms with Crippen LogP contribution in [0.3, 0.4) is 0 Å². The molecule has 1 rings (SSSR count). The lowest BCUT2D eigenvalue weighted by molar-refractivity contribution is 0.504. The Hall–Kier alpha value is -0.830. The van der Waals surface area contributed by atoms with Gasteiger partial charge in [0.25, 0.3) is 0 Å². The van der Waals surface area contributed by atoms with Gasteiger partial charge in [-0.25, -0.2) is 4.98 Å². The molecule has 0 aliphatic carbocycles. The Morgan fingerprint density at radius 2 is 2.08 bits per heavy atom. The summed E-state index contributed by atoms with van der Waals surface area (Å²) < 4.78 is 0. The molecule has 1 heterocycles. The summed E-state index contributed by atoms with van der Waals surface area (Å²) in [7, 11) is 0. The minimum absolute atomic E-state index is 0.185. The van der Waals surface area contributed by atoms with Crippen molar-refractivity contribution in [2.75, 3.05) is 0 Å². The number of aromatic nitrogens is 2. The highest BCUT2D eigenvalue weighted by Gasteiger charge is 2.14. The van der Waals surface area contributed by atoms with E-state index in [0.29, 0.717) is 0 Å². The van der Waals surface area contributed by atoms with Crippen molar-refractivity contribution >= 4 is 0 Å². The van der Waals surface area contributed by atoms with Crippen molar-refractivity contribution < 1.29 is 0 Å². The minimum Gasteiger partial charge on any atom is -0.346 e. The molecule has 13 heavy (non-hydrogen) atoms. The molecule has 0 aromatic carbocycles. The minimum atomic E-state index is -0.185. The van der Waals surface area contributed by atoms with Gasteiger partial charge < -0.3 is 10.7 Å². The number of nitrogens with two attached hydrogens (primary N) is 1. The summed E-state index contributed by atoms with van der Waals surface area (Å²) in [5.41, 5.74) is 8.04. The van der Waals surface area contributed by atoms with Crippen LogP contribution in [0.2, 0.25) is 0 Å². The van der Waals surface area contributed by atoms with E-state index in [1.54, 1.807) is 0 Å². The standard InChI is InChI=1S/C10H19N3/c1-5-8-7(2)12-9(13-8)6-10(3,4)11/h5-6,11H2,1-4H3,(H,12,13). The van der Waals surface area contributed by atoms with Gasteiger partial charge in [0, 0.05) is 17.7 Å². The molecular formula is C10H19N3. The molecule has 1 aromatic rings. The maximum absolute atomic E-state index is 5.91. The van der Waals surface area contributed by atoms with E-state index in [-0.39, 0.29) is 5.54 Å². The predicted molar refractivity (Wildman–Crippen MR) is 54.7 cm³/mol. The topological polar surface area (TPSA) is 54.7 Å². The average molecular weight is 181 g/mol. The summed E-state index contributed by atoms with van der Waals surface area (Å²) in [5, 5.41) is 0. The molecule has 3 nitrogen and oxygen atoms in total. The smallest absolute Gasteiger partial charge is 0.108 e. The Kier molecular flexibility index (Phi) is 2.76. The van der Waals surface area contributed by atoms with E-state index in [1.807, 2.05) is 13.8 Å². The molecule has 0 atom stereocenters. The monoisotopic (exact) mass is 181 g/mol. The molecule has 3 N–H and O–H groups in total. The lowest BCUT2D eigenvalue weighted by atomic mass is 10.0. The summed E-state index contributed by atoms with van der Waals surface area (Å²) in [6, 6.07) is 0. The van der Waals surface area contributed by atoms with Crippen LogP contribution >= 0.6 is 0 Å². The zero-order chi connectivity index (χ0) is 10.1. The second-order valence-electron chi connectivity index (χ2n) is 4.27. The van der Waals surface area contributed by atoms with Gasteiger partial charge in [-0.3, -0.25) is 0 Å². The van der Waals surface area contributed by atoms with Gasteiger partial charge in [-0.2, -0.15) is 0 Å². The first kappa shape index (κ1) is 10.3. The van der Waals surface area contributed by atoms with Crippen LogP contribution in [0.5, 0.6) is 0 Å². The molecule has 0 unspecified atom stereocenters. The maximum atomic E-state index is 5.91. The second kappa shape index (κ2) is 3.50. The number of nitrogens with zero attached hydrogens (tertiary/aromatic N) is 1. The fourth-order valence-corrected chi connectivity index (χ4v) is 1.42. The first-order valence-corrected chi connectivity index (χ1v) is 4.75. The van der Waals surface area contributed by atoms with Crippen LogP contribution in [0.1, 0.15) is 38.0 Å². The number of H-pyrrole nitrogens is 1. The van der Waals surface area contributed by atoms with Gasteiger partial charge in [0.1, 0.15) is 5.82 Å². The Morgan fingerprint density at radius 3 is 2.46 bits per heavy atom. The van der Waals surface area contributed by atoms with Crippen molar-refractivity contribution in [1.29, 1.82) is 0 Å². The number of imidazole rings is 1. The number of hydrogen-bond acceptors (Lipinski definition) is 2. The third-order valence-corrected chi connectivity index (χ3v) is 1.99. The molecule has 0 spiro atoms. The van der Waals surface area contributed by atoms with Crippen LogP contribution in [-0.4, -0.2) is 15.5 Å². The third-order valence-electron chi connectivity index (χ3n) is 1.99. The predicted octanol–water partition coefficient (Wildman–Crippen LogP) is 1.56. The SMILES string of the molecule is CCc1nc(CC(C)(C)N)[nH]c1C. The molecule has 0 bridgehead atoms. The van der Waals surface area contributed by atoms with E-state index < -0.39 is 0 Å². The maximum Gasteiger partial charge on any atom is 0.108 e. The van der Waals surface area contributed by atoms with Crippen molar-refractivity contribution in [1.82, 2.24) is 9.97 Å². The molecule has 0 amide bonds. The highest BCUT2D eigenvalue weighted by atomic mass is 14.9. The van der Waals surface area contributed by atoms with Gasteiger partial charge in [-0.05, 0) is 27.2 Å². The van der Waals surface area contributed by atoms with Crippen molar-refractivity contribution in [3.05, 3.63) is 17.2 Å². The molecule has 3 heteroatoms. The van der Waals surface area contributed by atoms with Crippen LogP contribution in [0, 0.1) is 6.92 Å². The largest absolute Gasteiger partial charge is 0.346 e. The number of aryl methyl sites for hydroxylation is 2. The summed E-state index contributed by atoms with van der Waals surface area (Å²) in [5.74, 6) is 1.00. The Bertz CT molecular complexity index is 281. The second-order valence-corrected chi connectivity index (χ2v) is 4.27. The highest BCUT2D eigenvalue weighted by molar-refractivity contribution is 5.13. The number of rotatable bonds is 3. The molecule has 0 saturated heterocycles. The van der Waals surface area contributed by atoms with E-state index in [1.165, 1.54) is 5.69 Å². The first-order valence-electron chi connectivity index (χ1n) is 4.75. The molecule has 0 aliphatic rings. The van der Waals surface area contributed by atoms with Gasteiger partial charge in [0.05, 0.1) is 5.69 Å². The third kappa shape index (κ3) is 2.84. The molecule has 0 radical (unpaired) electrons. The lowest BCUT2D eigenvalue weighted by Crippen LogP contribution is -2.34. The van der Waals surface area contributed by atoms with Crippen LogP contribution in [0.4, 0.5) is 0 Å². The average Bonchev–Trinajstić information content (AvgIpc) is 2.26. The van der Waals surface area contributed by atoms with Gasteiger partial charge in [-0.15, -0.1) is 0 Å². The van der Waals surface area contributed by atoms with Gasteiger partial charge in [-0.1, -0.05) is 6.92 Å². The van der Waals surface area contributed by atoms with E-state index in [2.05, 4.69) is 23.8 Å². The highest BCUT2D eigenvalue weighted by Crippen LogP contribution is 2.10. The zero-order valence-electron chi connectivity index (χ0n) is 8.94. The molecule has 1 aromatic heterocycles. The molecule has 74 valence electrons. The van der Waals surface area contributed by atoms with Crippen molar-refractivity contribution in [3.63, 3.8) is 0 Å². The number of hydrogen-bond donors (Lipinski definition) is 2. The van der Waals surface area contributed by atoms with Crippen molar-refractivity contribution in [2.45, 2.75) is 46.1 Å². The number of aromatic amines is 1. The normalized spacial score (nSPS) is 12.1.